The van der Waals surface area contributed by atoms with Crippen LogP contribution in [0.5, 0.6) is 5.75 Å². The third-order valence-electron chi connectivity index (χ3n) is 3.34. The monoisotopic (exact) mass is 463 g/mol. The molecule has 0 amide bonds. The predicted molar refractivity (Wildman–Crippen MR) is 95.3 cm³/mol. The molecule has 1 N–H and O–H groups in total. The minimum atomic E-state index is -0.325. The molecule has 2 aromatic rings. The molecule has 0 radical (unpaired) electrons. The van der Waals surface area contributed by atoms with E-state index >= 15 is 0 Å². The fourth-order valence-electron chi connectivity index (χ4n) is 2.22. The highest BCUT2D eigenvalue weighted by molar-refractivity contribution is 14.1. The molecule has 0 aliphatic carbocycles. The van der Waals surface area contributed by atoms with E-state index in [1.165, 1.54) is 22.3 Å². The summed E-state index contributed by atoms with van der Waals surface area (Å²) in [5.74, 6) is -0.0504. The van der Waals surface area contributed by atoms with Crippen molar-refractivity contribution >= 4 is 38.5 Å². The van der Waals surface area contributed by atoms with Gasteiger partial charge in [0.25, 0.3) is 0 Å². The summed E-state index contributed by atoms with van der Waals surface area (Å²) < 4.78 is 21.0. The van der Waals surface area contributed by atoms with E-state index in [4.69, 9.17) is 4.74 Å². The van der Waals surface area contributed by atoms with Gasteiger partial charge in [0.15, 0.2) is 11.6 Å². The first-order chi connectivity index (χ1) is 10.0. The van der Waals surface area contributed by atoms with Crippen LogP contribution in [0.2, 0.25) is 0 Å². The lowest BCUT2D eigenvalue weighted by molar-refractivity contribution is 0.386. The third kappa shape index (κ3) is 4.17. The second-order valence-corrected chi connectivity index (χ2v) is 6.76. The Hall–Kier alpha value is -0.660. The normalized spacial score (nSPS) is 12.2. The molecule has 0 aromatic heterocycles. The molecule has 0 saturated carbocycles. The molecule has 0 saturated heterocycles. The van der Waals surface area contributed by atoms with Crippen molar-refractivity contribution in [3.8, 4) is 5.75 Å². The van der Waals surface area contributed by atoms with E-state index in [9.17, 15) is 4.39 Å². The van der Waals surface area contributed by atoms with Gasteiger partial charge in [0, 0.05) is 14.1 Å². The molecule has 0 bridgehead atoms. The van der Waals surface area contributed by atoms with Gasteiger partial charge in [0.2, 0.25) is 0 Å². The lowest BCUT2D eigenvalue weighted by Crippen LogP contribution is -2.20. The molecule has 2 aromatic carbocycles. The number of rotatable bonds is 5. The SMILES string of the molecule is CNC(Cc1ccc(OC)c(F)c1)c1cc(Br)ccc1I. The third-order valence-corrected chi connectivity index (χ3v) is 4.81. The first kappa shape index (κ1) is 16.7. The number of hydrogen-bond donors (Lipinski definition) is 1. The topological polar surface area (TPSA) is 21.3 Å². The van der Waals surface area contributed by atoms with Crippen molar-refractivity contribution in [1.82, 2.24) is 5.32 Å². The molecule has 1 unspecified atom stereocenters. The van der Waals surface area contributed by atoms with Crippen LogP contribution in [-0.4, -0.2) is 14.2 Å². The van der Waals surface area contributed by atoms with Crippen LogP contribution in [0.4, 0.5) is 4.39 Å². The van der Waals surface area contributed by atoms with E-state index in [2.05, 4.69) is 56.0 Å². The molecule has 0 aliphatic rings. The molecule has 2 rings (SSSR count). The van der Waals surface area contributed by atoms with E-state index < -0.39 is 0 Å². The summed E-state index contributed by atoms with van der Waals surface area (Å²) in [6.45, 7) is 0. The van der Waals surface area contributed by atoms with Gasteiger partial charge < -0.3 is 10.1 Å². The lowest BCUT2D eigenvalue weighted by atomic mass is 9.99. The largest absolute Gasteiger partial charge is 0.494 e. The Kier molecular flexibility index (Phi) is 6.01. The summed E-state index contributed by atoms with van der Waals surface area (Å²) >= 11 is 5.82. The number of methoxy groups -OCH3 is 1. The summed E-state index contributed by atoms with van der Waals surface area (Å²) in [5.41, 5.74) is 2.13. The van der Waals surface area contributed by atoms with Crippen molar-refractivity contribution in [2.45, 2.75) is 12.5 Å². The number of benzene rings is 2. The van der Waals surface area contributed by atoms with Crippen LogP contribution in [0.3, 0.4) is 0 Å². The number of hydrogen-bond acceptors (Lipinski definition) is 2. The minimum Gasteiger partial charge on any atom is -0.494 e. The Balaban J connectivity index is 2.26. The number of likely N-dealkylation sites (N-methyl/N-ethyl adjacent to an activating group) is 1. The van der Waals surface area contributed by atoms with Crippen molar-refractivity contribution in [2.24, 2.45) is 0 Å². The number of halogens is 3. The van der Waals surface area contributed by atoms with Crippen LogP contribution >= 0.6 is 38.5 Å². The second-order valence-electron chi connectivity index (χ2n) is 4.68. The van der Waals surface area contributed by atoms with E-state index in [0.717, 1.165) is 10.0 Å². The Bertz CT molecular complexity index is 636. The zero-order valence-electron chi connectivity index (χ0n) is 11.8. The van der Waals surface area contributed by atoms with E-state index in [1.807, 2.05) is 19.2 Å². The van der Waals surface area contributed by atoms with Gasteiger partial charge in [0.1, 0.15) is 0 Å². The fraction of sp³-hybridized carbons (Fsp3) is 0.250. The van der Waals surface area contributed by atoms with Gasteiger partial charge >= 0.3 is 0 Å². The van der Waals surface area contributed by atoms with Gasteiger partial charge in [0.05, 0.1) is 7.11 Å². The summed E-state index contributed by atoms with van der Waals surface area (Å²) in [7, 11) is 3.39. The Morgan fingerprint density at radius 3 is 2.67 bits per heavy atom. The first-order valence-corrected chi connectivity index (χ1v) is 8.37. The van der Waals surface area contributed by atoms with Gasteiger partial charge in [-0.3, -0.25) is 0 Å². The number of ether oxygens (including phenoxy) is 1. The molecule has 0 spiro atoms. The summed E-state index contributed by atoms with van der Waals surface area (Å²) in [4.78, 5) is 0. The van der Waals surface area contributed by atoms with Gasteiger partial charge in [-0.25, -0.2) is 4.39 Å². The quantitative estimate of drug-likeness (QED) is 0.648. The molecule has 2 nitrogen and oxygen atoms in total. The average Bonchev–Trinajstić information content (AvgIpc) is 2.47. The standard InChI is InChI=1S/C16H16BrFINO/c1-20-15(12-9-11(17)4-5-14(12)19)8-10-3-6-16(21-2)13(18)7-10/h3-7,9,15,20H,8H2,1-2H3. The van der Waals surface area contributed by atoms with E-state index in [-0.39, 0.29) is 17.6 Å². The highest BCUT2D eigenvalue weighted by Crippen LogP contribution is 2.27. The first-order valence-electron chi connectivity index (χ1n) is 6.49. The minimum absolute atomic E-state index is 0.127. The van der Waals surface area contributed by atoms with Crippen molar-refractivity contribution in [2.75, 3.05) is 14.2 Å². The van der Waals surface area contributed by atoms with Gasteiger partial charge in [-0.05, 0) is 77.5 Å². The maximum Gasteiger partial charge on any atom is 0.165 e. The molecule has 0 fully saturated rings. The maximum absolute atomic E-state index is 13.8. The Morgan fingerprint density at radius 2 is 2.05 bits per heavy atom. The Morgan fingerprint density at radius 1 is 1.29 bits per heavy atom. The molecule has 1 atom stereocenters. The maximum atomic E-state index is 13.8. The van der Waals surface area contributed by atoms with Crippen molar-refractivity contribution in [1.29, 1.82) is 0 Å². The molecule has 0 aliphatic heterocycles. The average molecular weight is 464 g/mol. The highest BCUT2D eigenvalue weighted by atomic mass is 127. The fourth-order valence-corrected chi connectivity index (χ4v) is 3.31. The van der Waals surface area contributed by atoms with E-state index in [1.54, 1.807) is 6.07 Å². The molecule has 5 heteroatoms. The molecule has 21 heavy (non-hydrogen) atoms. The smallest absolute Gasteiger partial charge is 0.165 e. The van der Waals surface area contributed by atoms with E-state index in [0.29, 0.717) is 6.42 Å². The van der Waals surface area contributed by atoms with Crippen LogP contribution < -0.4 is 10.1 Å². The van der Waals surface area contributed by atoms with Crippen LogP contribution in [0.1, 0.15) is 17.2 Å². The number of nitrogens with one attached hydrogen (secondary N) is 1. The van der Waals surface area contributed by atoms with Crippen molar-refractivity contribution in [3.63, 3.8) is 0 Å². The molecular formula is C16H16BrFINO. The van der Waals surface area contributed by atoms with Gasteiger partial charge in [-0.15, -0.1) is 0 Å². The summed E-state index contributed by atoms with van der Waals surface area (Å²) in [6.07, 6.45) is 0.712. The zero-order chi connectivity index (χ0) is 15.4. The van der Waals surface area contributed by atoms with Crippen molar-refractivity contribution < 1.29 is 9.13 Å². The van der Waals surface area contributed by atoms with Gasteiger partial charge in [-0.1, -0.05) is 22.0 Å². The van der Waals surface area contributed by atoms with Gasteiger partial charge in [-0.2, -0.15) is 0 Å². The molecule has 0 heterocycles. The molecular weight excluding hydrogens is 448 g/mol. The zero-order valence-corrected chi connectivity index (χ0v) is 15.5. The Labute approximate surface area is 146 Å². The van der Waals surface area contributed by atoms with Crippen LogP contribution in [0, 0.1) is 9.39 Å². The lowest BCUT2D eigenvalue weighted by Gasteiger charge is -2.19. The summed E-state index contributed by atoms with van der Waals surface area (Å²) in [5, 5.41) is 3.30. The molecule has 112 valence electrons. The highest BCUT2D eigenvalue weighted by Gasteiger charge is 2.15. The predicted octanol–water partition coefficient (Wildman–Crippen LogP) is 4.70. The van der Waals surface area contributed by atoms with Crippen LogP contribution in [-0.2, 0) is 6.42 Å². The second kappa shape index (κ2) is 7.56. The van der Waals surface area contributed by atoms with Crippen LogP contribution in [0.25, 0.3) is 0 Å². The van der Waals surface area contributed by atoms with Crippen LogP contribution in [0.15, 0.2) is 40.9 Å². The van der Waals surface area contributed by atoms with Crippen molar-refractivity contribution in [3.05, 3.63) is 61.4 Å². The summed E-state index contributed by atoms with van der Waals surface area (Å²) in [6, 6.07) is 11.4.